The SMILES string of the molecule is Nc1c(Cl)cc(C(=O)NCCN2CCn3nc4ccccc4c32)cc1Cl. The third kappa shape index (κ3) is 2.95. The van der Waals surface area contributed by atoms with E-state index in [-0.39, 0.29) is 21.6 Å². The van der Waals surface area contributed by atoms with Gasteiger partial charge in [0.2, 0.25) is 0 Å². The molecule has 0 spiro atoms. The summed E-state index contributed by atoms with van der Waals surface area (Å²) in [7, 11) is 0. The van der Waals surface area contributed by atoms with Gasteiger partial charge in [0.15, 0.2) is 0 Å². The fourth-order valence-corrected chi connectivity index (χ4v) is 3.70. The van der Waals surface area contributed by atoms with Crippen LogP contribution in [0.25, 0.3) is 10.9 Å². The predicted octanol–water partition coefficient (Wildman–Crippen LogP) is 3.18. The van der Waals surface area contributed by atoms with Crippen molar-refractivity contribution in [2.45, 2.75) is 6.54 Å². The Morgan fingerprint density at radius 1 is 1.19 bits per heavy atom. The smallest absolute Gasteiger partial charge is 0.251 e. The zero-order valence-electron chi connectivity index (χ0n) is 13.9. The first-order valence-electron chi connectivity index (χ1n) is 8.28. The van der Waals surface area contributed by atoms with Gasteiger partial charge in [-0.15, -0.1) is 0 Å². The molecular weight excluding hydrogens is 373 g/mol. The minimum absolute atomic E-state index is 0.230. The van der Waals surface area contributed by atoms with Gasteiger partial charge in [-0.25, -0.2) is 4.68 Å². The van der Waals surface area contributed by atoms with Gasteiger partial charge in [-0.3, -0.25) is 4.79 Å². The average molecular weight is 390 g/mol. The van der Waals surface area contributed by atoms with Crippen LogP contribution in [0.15, 0.2) is 36.4 Å². The van der Waals surface area contributed by atoms with E-state index in [2.05, 4.69) is 21.4 Å². The second-order valence-electron chi connectivity index (χ2n) is 6.16. The molecular formula is C18H17Cl2N5O. The minimum Gasteiger partial charge on any atom is -0.396 e. The molecule has 8 heteroatoms. The summed E-state index contributed by atoms with van der Waals surface area (Å²) in [5.74, 6) is 0.875. The maximum absolute atomic E-state index is 12.3. The largest absolute Gasteiger partial charge is 0.396 e. The zero-order chi connectivity index (χ0) is 18.3. The van der Waals surface area contributed by atoms with Crippen molar-refractivity contribution in [2.24, 2.45) is 0 Å². The summed E-state index contributed by atoms with van der Waals surface area (Å²) in [6, 6.07) is 11.1. The van der Waals surface area contributed by atoms with Gasteiger partial charge in [-0.05, 0) is 24.3 Å². The molecule has 2 heterocycles. The van der Waals surface area contributed by atoms with Gasteiger partial charge in [0.05, 0.1) is 27.8 Å². The number of aromatic nitrogens is 2. The third-order valence-corrected chi connectivity index (χ3v) is 5.13. The van der Waals surface area contributed by atoms with Crippen molar-refractivity contribution < 1.29 is 4.79 Å². The Hall–Kier alpha value is -2.44. The van der Waals surface area contributed by atoms with Crippen molar-refractivity contribution in [2.75, 3.05) is 30.3 Å². The van der Waals surface area contributed by atoms with Crippen LogP contribution < -0.4 is 16.0 Å². The van der Waals surface area contributed by atoms with Gasteiger partial charge >= 0.3 is 0 Å². The normalized spacial score (nSPS) is 13.2. The van der Waals surface area contributed by atoms with Crippen molar-refractivity contribution in [3.63, 3.8) is 0 Å². The lowest BCUT2D eigenvalue weighted by molar-refractivity contribution is 0.0954. The monoisotopic (exact) mass is 389 g/mol. The minimum atomic E-state index is -0.230. The number of amides is 1. The molecule has 0 saturated heterocycles. The molecule has 1 amide bonds. The number of nitrogens with one attached hydrogen (secondary N) is 1. The highest BCUT2D eigenvalue weighted by Gasteiger charge is 2.23. The van der Waals surface area contributed by atoms with E-state index in [1.54, 1.807) is 0 Å². The van der Waals surface area contributed by atoms with Crippen LogP contribution in [0.2, 0.25) is 10.0 Å². The van der Waals surface area contributed by atoms with Crippen LogP contribution in [-0.2, 0) is 6.54 Å². The second kappa shape index (κ2) is 6.70. The Bertz CT molecular complexity index is 977. The average Bonchev–Trinajstić information content (AvgIpc) is 3.18. The number of fused-ring (bicyclic) bond motifs is 3. The van der Waals surface area contributed by atoms with Crippen LogP contribution in [0.1, 0.15) is 10.4 Å². The van der Waals surface area contributed by atoms with E-state index in [1.165, 1.54) is 12.1 Å². The molecule has 0 atom stereocenters. The number of nitrogen functional groups attached to an aromatic ring is 1. The number of halogens is 2. The van der Waals surface area contributed by atoms with Crippen LogP contribution in [-0.4, -0.2) is 35.3 Å². The lowest BCUT2D eigenvalue weighted by Crippen LogP contribution is -2.34. The molecule has 0 bridgehead atoms. The number of carbonyl (C=O) groups is 1. The van der Waals surface area contributed by atoms with Crippen molar-refractivity contribution in [1.82, 2.24) is 15.1 Å². The van der Waals surface area contributed by atoms with Gasteiger partial charge < -0.3 is 16.0 Å². The summed E-state index contributed by atoms with van der Waals surface area (Å²) < 4.78 is 2.02. The molecule has 3 N–H and O–H groups in total. The number of carbonyl (C=O) groups excluding carboxylic acids is 1. The number of hydrogen-bond donors (Lipinski definition) is 2. The molecule has 0 fully saturated rings. The van der Waals surface area contributed by atoms with E-state index in [1.807, 2.05) is 22.9 Å². The Morgan fingerprint density at radius 2 is 1.92 bits per heavy atom. The topological polar surface area (TPSA) is 76.2 Å². The molecule has 3 aromatic rings. The standard InChI is InChI=1S/C18H17Cl2N5O/c19-13-9-11(10-14(20)16(13)21)17(26)22-5-6-24-7-8-25-18(24)12-3-1-2-4-15(12)23-25/h1-4,9-10H,5-8,21H2,(H,22,26). The number of hydrogen-bond acceptors (Lipinski definition) is 4. The van der Waals surface area contributed by atoms with E-state index in [4.69, 9.17) is 28.9 Å². The highest BCUT2D eigenvalue weighted by molar-refractivity contribution is 6.39. The number of rotatable bonds is 4. The highest BCUT2D eigenvalue weighted by Crippen LogP contribution is 2.30. The zero-order valence-corrected chi connectivity index (χ0v) is 15.4. The molecule has 1 aromatic heterocycles. The quantitative estimate of drug-likeness (QED) is 0.671. The molecule has 6 nitrogen and oxygen atoms in total. The van der Waals surface area contributed by atoms with Crippen LogP contribution in [0.4, 0.5) is 11.5 Å². The molecule has 4 rings (SSSR count). The highest BCUT2D eigenvalue weighted by atomic mass is 35.5. The lowest BCUT2D eigenvalue weighted by Gasteiger charge is -2.18. The van der Waals surface area contributed by atoms with Crippen LogP contribution >= 0.6 is 23.2 Å². The molecule has 1 aliphatic heterocycles. The molecule has 0 aliphatic carbocycles. The molecule has 2 aromatic carbocycles. The first-order valence-corrected chi connectivity index (χ1v) is 9.03. The fourth-order valence-electron chi connectivity index (χ4n) is 3.22. The fraction of sp³-hybridized carbons (Fsp3) is 0.222. The summed E-state index contributed by atoms with van der Waals surface area (Å²) in [6.45, 7) is 2.92. The Labute approximate surface area is 160 Å². The van der Waals surface area contributed by atoms with E-state index in [9.17, 15) is 4.79 Å². The lowest BCUT2D eigenvalue weighted by atomic mass is 10.2. The summed E-state index contributed by atoms with van der Waals surface area (Å²) in [4.78, 5) is 14.6. The maximum Gasteiger partial charge on any atom is 0.251 e. The van der Waals surface area contributed by atoms with Gasteiger partial charge in [0, 0.05) is 30.6 Å². The second-order valence-corrected chi connectivity index (χ2v) is 6.97. The third-order valence-electron chi connectivity index (χ3n) is 4.51. The summed E-state index contributed by atoms with van der Waals surface area (Å²) in [5, 5.41) is 9.19. The molecule has 134 valence electrons. The Balaban J connectivity index is 1.43. The maximum atomic E-state index is 12.3. The van der Waals surface area contributed by atoms with E-state index < -0.39 is 0 Å². The first-order chi connectivity index (χ1) is 12.5. The van der Waals surface area contributed by atoms with Gasteiger partial charge in [-0.1, -0.05) is 35.3 Å². The van der Waals surface area contributed by atoms with Crippen molar-refractivity contribution in [3.05, 3.63) is 52.0 Å². The van der Waals surface area contributed by atoms with Gasteiger partial charge in [0.25, 0.3) is 5.91 Å². The van der Waals surface area contributed by atoms with Crippen LogP contribution in [0.5, 0.6) is 0 Å². The molecule has 26 heavy (non-hydrogen) atoms. The summed E-state index contributed by atoms with van der Waals surface area (Å²) >= 11 is 12.0. The summed E-state index contributed by atoms with van der Waals surface area (Å²) in [6.07, 6.45) is 0. The van der Waals surface area contributed by atoms with E-state index in [0.717, 1.165) is 29.8 Å². The molecule has 0 radical (unpaired) electrons. The van der Waals surface area contributed by atoms with Crippen LogP contribution in [0.3, 0.4) is 0 Å². The van der Waals surface area contributed by atoms with Crippen LogP contribution in [0, 0.1) is 0 Å². The van der Waals surface area contributed by atoms with Crippen molar-refractivity contribution in [3.8, 4) is 0 Å². The van der Waals surface area contributed by atoms with Crippen molar-refractivity contribution in [1.29, 1.82) is 0 Å². The van der Waals surface area contributed by atoms with Gasteiger partial charge in [-0.2, -0.15) is 5.10 Å². The molecule has 0 unspecified atom stereocenters. The number of anilines is 2. The van der Waals surface area contributed by atoms with Gasteiger partial charge in [0.1, 0.15) is 5.82 Å². The number of nitrogens with zero attached hydrogens (tertiary/aromatic N) is 3. The Morgan fingerprint density at radius 3 is 2.69 bits per heavy atom. The number of nitrogens with two attached hydrogens (primary N) is 1. The molecule has 1 aliphatic rings. The van der Waals surface area contributed by atoms with Crippen molar-refractivity contribution >= 4 is 51.5 Å². The van der Waals surface area contributed by atoms with E-state index >= 15 is 0 Å². The first kappa shape index (κ1) is 17.0. The Kier molecular flexibility index (Phi) is 4.38. The molecule has 0 saturated carbocycles. The predicted molar refractivity (Wildman–Crippen MR) is 105 cm³/mol. The van der Waals surface area contributed by atoms with E-state index in [0.29, 0.717) is 18.7 Å². The number of benzene rings is 2. The summed E-state index contributed by atoms with van der Waals surface area (Å²) in [5.41, 5.74) is 7.37.